The first-order valence-electron chi connectivity index (χ1n) is 9.70. The number of urea groups is 1. The number of anilines is 1. The summed E-state index contributed by atoms with van der Waals surface area (Å²) in [5.74, 6) is 0.243. The Hall–Kier alpha value is -3.18. The highest BCUT2D eigenvalue weighted by Gasteiger charge is 2.49. The largest absolute Gasteiger partial charge is 0.479 e. The van der Waals surface area contributed by atoms with Crippen LogP contribution in [0.5, 0.6) is 5.88 Å². The van der Waals surface area contributed by atoms with Gasteiger partial charge in [-0.1, -0.05) is 30.3 Å². The summed E-state index contributed by atoms with van der Waals surface area (Å²) in [6, 6.07) is 12.2. The highest BCUT2D eigenvalue weighted by molar-refractivity contribution is 5.96. The number of carbonyl (C=O) groups excluding carboxylic acids is 1. The van der Waals surface area contributed by atoms with Crippen LogP contribution in [-0.4, -0.2) is 42.2 Å². The average Bonchev–Trinajstić information content (AvgIpc) is 3.10. The van der Waals surface area contributed by atoms with E-state index in [0.29, 0.717) is 12.2 Å². The summed E-state index contributed by atoms with van der Waals surface area (Å²) in [5, 5.41) is 15.7. The van der Waals surface area contributed by atoms with Crippen LogP contribution in [-0.2, 0) is 5.54 Å². The Kier molecular flexibility index (Phi) is 4.84. The molecule has 1 aliphatic carbocycles. The number of ether oxygens (including phenoxy) is 1. The second-order valence-electron chi connectivity index (χ2n) is 7.69. The highest BCUT2D eigenvalue weighted by Crippen LogP contribution is 2.44. The number of nitriles is 1. The second-order valence-corrected chi connectivity index (χ2v) is 7.69. The van der Waals surface area contributed by atoms with Gasteiger partial charge in [-0.2, -0.15) is 10.2 Å². The predicted molar refractivity (Wildman–Crippen MR) is 108 cm³/mol. The van der Waals surface area contributed by atoms with Gasteiger partial charge in [0.05, 0.1) is 25.4 Å². The molecule has 1 aliphatic heterocycles. The molecule has 2 aromatic rings. The Morgan fingerprint density at radius 3 is 2.59 bits per heavy atom. The van der Waals surface area contributed by atoms with Crippen LogP contribution in [0, 0.1) is 11.3 Å². The summed E-state index contributed by atoms with van der Waals surface area (Å²) >= 11 is 0. The number of hydrogen-bond acceptors (Lipinski definition) is 6. The summed E-state index contributed by atoms with van der Waals surface area (Å²) in [6.45, 7) is 0.520. The standard InChI is InChI=1S/C21H24N6O2/c1-23-21(15-6-4-3-5-7-15)10-8-20(9-11-21)14-27(19(28)26-20)16-13-24-17(12-22)25-18(16)29-2/h3-7,13,23H,8-11,14H2,1-2H3,(H,26,28)/t20-,21-. The van der Waals surface area contributed by atoms with Crippen LogP contribution in [0.3, 0.4) is 0 Å². The van der Waals surface area contributed by atoms with Gasteiger partial charge in [0.15, 0.2) is 0 Å². The van der Waals surface area contributed by atoms with E-state index in [1.807, 2.05) is 19.2 Å². The molecule has 1 aromatic carbocycles. The minimum Gasteiger partial charge on any atom is -0.479 e. The Bertz CT molecular complexity index is 947. The van der Waals surface area contributed by atoms with Crippen molar-refractivity contribution >= 4 is 11.7 Å². The fourth-order valence-electron chi connectivity index (χ4n) is 4.53. The molecule has 2 fully saturated rings. The third-order valence-electron chi connectivity index (χ3n) is 6.26. The van der Waals surface area contributed by atoms with Gasteiger partial charge in [-0.3, -0.25) is 4.90 Å². The number of amides is 2. The molecular formula is C21H24N6O2. The van der Waals surface area contributed by atoms with Crippen LogP contribution < -0.4 is 20.3 Å². The molecule has 150 valence electrons. The zero-order valence-electron chi connectivity index (χ0n) is 16.6. The normalized spacial score (nSPS) is 26.2. The van der Waals surface area contributed by atoms with Crippen molar-refractivity contribution in [3.05, 3.63) is 47.9 Å². The first kappa shape index (κ1) is 19.2. The molecule has 1 saturated heterocycles. The number of aromatic nitrogens is 2. The van der Waals surface area contributed by atoms with Crippen LogP contribution >= 0.6 is 0 Å². The van der Waals surface area contributed by atoms with E-state index in [1.165, 1.54) is 18.9 Å². The number of benzene rings is 1. The molecule has 2 amide bonds. The summed E-state index contributed by atoms with van der Waals surface area (Å²) < 4.78 is 5.30. The SMILES string of the molecule is CN[C@]1(c2ccccc2)CC[C@@]2(CC1)CN(c1cnc(C#N)nc1OC)C(=O)N2. The van der Waals surface area contributed by atoms with Crippen LogP contribution in [0.1, 0.15) is 37.1 Å². The number of hydrogen-bond donors (Lipinski definition) is 2. The highest BCUT2D eigenvalue weighted by atomic mass is 16.5. The molecular weight excluding hydrogens is 368 g/mol. The maximum atomic E-state index is 12.8. The number of methoxy groups -OCH3 is 1. The summed E-state index contributed by atoms with van der Waals surface area (Å²) in [6.07, 6.45) is 5.02. The van der Waals surface area contributed by atoms with Crippen molar-refractivity contribution in [2.24, 2.45) is 0 Å². The molecule has 1 aromatic heterocycles. The molecule has 1 saturated carbocycles. The Labute approximate surface area is 169 Å². The third-order valence-corrected chi connectivity index (χ3v) is 6.26. The molecule has 1 spiro atoms. The van der Waals surface area contributed by atoms with Crippen molar-refractivity contribution in [3.63, 3.8) is 0 Å². The van der Waals surface area contributed by atoms with Gasteiger partial charge in [0.2, 0.25) is 11.7 Å². The molecule has 0 atom stereocenters. The van der Waals surface area contributed by atoms with Gasteiger partial charge in [0.1, 0.15) is 11.8 Å². The van der Waals surface area contributed by atoms with Gasteiger partial charge in [-0.25, -0.2) is 9.78 Å². The van der Waals surface area contributed by atoms with Gasteiger partial charge in [0.25, 0.3) is 0 Å². The van der Waals surface area contributed by atoms with Crippen LogP contribution in [0.15, 0.2) is 36.5 Å². The van der Waals surface area contributed by atoms with Crippen molar-refractivity contribution < 1.29 is 9.53 Å². The van der Waals surface area contributed by atoms with E-state index in [4.69, 9.17) is 10.00 Å². The lowest BCUT2D eigenvalue weighted by Crippen LogP contribution is -2.53. The summed E-state index contributed by atoms with van der Waals surface area (Å²) in [5.41, 5.74) is 1.38. The zero-order valence-corrected chi connectivity index (χ0v) is 16.6. The number of carbonyl (C=O) groups is 1. The maximum absolute atomic E-state index is 12.8. The van der Waals surface area contributed by atoms with Crippen molar-refractivity contribution in [3.8, 4) is 11.9 Å². The Balaban J connectivity index is 1.55. The van der Waals surface area contributed by atoms with E-state index < -0.39 is 0 Å². The van der Waals surface area contributed by atoms with E-state index in [9.17, 15) is 4.79 Å². The van der Waals surface area contributed by atoms with E-state index in [2.05, 4.69) is 44.9 Å². The van der Waals surface area contributed by atoms with E-state index in [0.717, 1.165) is 25.7 Å². The molecule has 0 bridgehead atoms. The van der Waals surface area contributed by atoms with Crippen LogP contribution in [0.4, 0.5) is 10.5 Å². The topological polar surface area (TPSA) is 103 Å². The van der Waals surface area contributed by atoms with E-state index >= 15 is 0 Å². The average molecular weight is 392 g/mol. The fourth-order valence-corrected chi connectivity index (χ4v) is 4.53. The zero-order chi connectivity index (χ0) is 20.5. The van der Waals surface area contributed by atoms with E-state index in [-0.39, 0.29) is 28.8 Å². The monoisotopic (exact) mass is 392 g/mol. The van der Waals surface area contributed by atoms with Crippen molar-refractivity contribution in [1.82, 2.24) is 20.6 Å². The summed E-state index contributed by atoms with van der Waals surface area (Å²) in [7, 11) is 3.47. The number of nitrogens with one attached hydrogen (secondary N) is 2. The lowest BCUT2D eigenvalue weighted by atomic mass is 9.69. The Morgan fingerprint density at radius 1 is 1.24 bits per heavy atom. The van der Waals surface area contributed by atoms with Gasteiger partial charge in [-0.15, -0.1) is 0 Å². The van der Waals surface area contributed by atoms with Crippen molar-refractivity contribution in [2.75, 3.05) is 25.6 Å². The molecule has 29 heavy (non-hydrogen) atoms. The van der Waals surface area contributed by atoms with Gasteiger partial charge < -0.3 is 15.4 Å². The van der Waals surface area contributed by atoms with Crippen LogP contribution in [0.25, 0.3) is 0 Å². The molecule has 0 radical (unpaired) electrons. The van der Waals surface area contributed by atoms with Gasteiger partial charge >= 0.3 is 6.03 Å². The fraction of sp³-hybridized carbons (Fsp3) is 0.429. The maximum Gasteiger partial charge on any atom is 0.322 e. The summed E-state index contributed by atoms with van der Waals surface area (Å²) in [4.78, 5) is 22.5. The van der Waals surface area contributed by atoms with E-state index in [1.54, 1.807) is 4.90 Å². The molecule has 2 N–H and O–H groups in total. The van der Waals surface area contributed by atoms with Gasteiger partial charge in [0, 0.05) is 5.54 Å². The lowest BCUT2D eigenvalue weighted by Gasteiger charge is -2.45. The minimum atomic E-state index is -0.300. The first-order valence-corrected chi connectivity index (χ1v) is 9.70. The quantitative estimate of drug-likeness (QED) is 0.828. The molecule has 2 heterocycles. The molecule has 2 aliphatic rings. The van der Waals surface area contributed by atoms with Crippen molar-refractivity contribution in [1.29, 1.82) is 5.26 Å². The third kappa shape index (κ3) is 3.28. The second kappa shape index (κ2) is 7.33. The first-order chi connectivity index (χ1) is 14.0. The molecule has 8 nitrogen and oxygen atoms in total. The van der Waals surface area contributed by atoms with Crippen molar-refractivity contribution in [2.45, 2.75) is 36.8 Å². The number of nitrogens with zero attached hydrogens (tertiary/aromatic N) is 4. The lowest BCUT2D eigenvalue weighted by molar-refractivity contribution is 0.167. The minimum absolute atomic E-state index is 0.0132. The predicted octanol–water partition coefficient (Wildman–Crippen LogP) is 2.31. The Morgan fingerprint density at radius 2 is 1.97 bits per heavy atom. The van der Waals surface area contributed by atoms with Crippen LogP contribution in [0.2, 0.25) is 0 Å². The molecule has 8 heteroatoms. The molecule has 4 rings (SSSR count). The molecule has 0 unspecified atom stereocenters. The van der Waals surface area contributed by atoms with Gasteiger partial charge in [-0.05, 0) is 38.3 Å². The number of rotatable bonds is 4. The smallest absolute Gasteiger partial charge is 0.322 e.